The van der Waals surface area contributed by atoms with E-state index in [4.69, 9.17) is 5.11 Å². The van der Waals surface area contributed by atoms with Crippen LogP contribution in [0.1, 0.15) is 18.0 Å². The first-order valence-electron chi connectivity index (χ1n) is 6.64. The lowest BCUT2D eigenvalue weighted by Crippen LogP contribution is -2.16. The Labute approximate surface area is 125 Å². The van der Waals surface area contributed by atoms with Crippen LogP contribution in [-0.2, 0) is 9.59 Å². The van der Waals surface area contributed by atoms with Gasteiger partial charge in [0.2, 0.25) is 5.91 Å². The number of amides is 1. The lowest BCUT2D eigenvalue weighted by Gasteiger charge is -2.14. The topological polar surface area (TPSA) is 84.2 Å². The number of carboxylic acid groups (broad SMARTS) is 1. The largest absolute Gasteiger partial charge is 0.481 e. The molecule has 1 aromatic carbocycles. The highest BCUT2D eigenvalue weighted by molar-refractivity contribution is 7.99. The minimum absolute atomic E-state index is 0.0125. The highest BCUT2D eigenvalue weighted by atomic mass is 32.2. The number of imidazole rings is 1. The van der Waals surface area contributed by atoms with Gasteiger partial charge < -0.3 is 15.0 Å². The molecule has 1 aliphatic rings. The maximum absolute atomic E-state index is 11.5. The molecule has 1 fully saturated rings. The molecule has 0 spiro atoms. The number of thioether (sulfide) groups is 1. The number of benzene rings is 1. The summed E-state index contributed by atoms with van der Waals surface area (Å²) < 4.78 is 1.99. The van der Waals surface area contributed by atoms with Gasteiger partial charge in [0.15, 0.2) is 5.16 Å². The molecule has 7 heteroatoms. The number of nitrogens with zero attached hydrogens (tertiary/aromatic N) is 2. The number of nitrogens with one attached hydrogen (secondary N) is 1. The van der Waals surface area contributed by atoms with E-state index in [0.29, 0.717) is 18.1 Å². The van der Waals surface area contributed by atoms with Gasteiger partial charge in [0.25, 0.3) is 0 Å². The second-order valence-electron chi connectivity index (χ2n) is 5.10. The van der Waals surface area contributed by atoms with Crippen molar-refractivity contribution < 1.29 is 14.7 Å². The molecular weight excluding hydrogens is 290 g/mol. The van der Waals surface area contributed by atoms with Gasteiger partial charge in [0, 0.05) is 13.0 Å². The Kier molecular flexibility index (Phi) is 3.59. The molecule has 0 aliphatic carbocycles. The van der Waals surface area contributed by atoms with Crippen LogP contribution in [0.2, 0.25) is 0 Å². The number of carboxylic acids is 1. The fourth-order valence-electron chi connectivity index (χ4n) is 2.54. The van der Waals surface area contributed by atoms with Gasteiger partial charge in [-0.3, -0.25) is 9.59 Å². The van der Waals surface area contributed by atoms with Crippen LogP contribution in [-0.4, -0.2) is 38.8 Å². The maximum atomic E-state index is 11.5. The summed E-state index contributed by atoms with van der Waals surface area (Å²) in [7, 11) is 0. The van der Waals surface area contributed by atoms with Crippen molar-refractivity contribution in [1.29, 1.82) is 0 Å². The van der Waals surface area contributed by atoms with Crippen molar-refractivity contribution in [2.75, 3.05) is 12.3 Å². The summed E-state index contributed by atoms with van der Waals surface area (Å²) in [4.78, 5) is 26.8. The quantitative estimate of drug-likeness (QED) is 0.838. The Morgan fingerprint density at radius 3 is 3.05 bits per heavy atom. The second-order valence-corrected chi connectivity index (χ2v) is 6.04. The standard InChI is InChI=1S/C14H15N3O3S/c1-8-2-3-11-10(4-8)16-14(21-7-13(19)20)17(11)9-5-12(18)15-6-9/h2-4,9H,5-7H2,1H3,(H,15,18)(H,19,20). The average Bonchev–Trinajstić information content (AvgIpc) is 2.98. The van der Waals surface area contributed by atoms with E-state index < -0.39 is 5.97 Å². The van der Waals surface area contributed by atoms with Crippen LogP contribution in [0, 0.1) is 6.92 Å². The van der Waals surface area contributed by atoms with Crippen LogP contribution < -0.4 is 5.32 Å². The van der Waals surface area contributed by atoms with Gasteiger partial charge in [0.05, 0.1) is 22.8 Å². The van der Waals surface area contributed by atoms with Crippen LogP contribution in [0.4, 0.5) is 0 Å². The maximum Gasteiger partial charge on any atom is 0.313 e. The molecule has 110 valence electrons. The van der Waals surface area contributed by atoms with Gasteiger partial charge in [-0.1, -0.05) is 17.8 Å². The van der Waals surface area contributed by atoms with E-state index in [9.17, 15) is 9.59 Å². The molecule has 1 aromatic heterocycles. The van der Waals surface area contributed by atoms with Crippen molar-refractivity contribution in [3.8, 4) is 0 Å². The Balaban J connectivity index is 2.06. The van der Waals surface area contributed by atoms with Gasteiger partial charge >= 0.3 is 5.97 Å². The average molecular weight is 305 g/mol. The molecule has 0 bridgehead atoms. The fourth-order valence-corrected chi connectivity index (χ4v) is 3.34. The number of rotatable bonds is 4. The van der Waals surface area contributed by atoms with Crippen LogP contribution in [0.5, 0.6) is 0 Å². The SMILES string of the molecule is Cc1ccc2c(c1)nc(SCC(=O)O)n2C1CNC(=O)C1. The van der Waals surface area contributed by atoms with Crippen LogP contribution in [0.3, 0.4) is 0 Å². The number of fused-ring (bicyclic) bond motifs is 1. The number of carbonyl (C=O) groups is 2. The fraction of sp³-hybridized carbons (Fsp3) is 0.357. The predicted octanol–water partition coefficient (Wildman–Crippen LogP) is 1.58. The third-order valence-corrected chi connectivity index (χ3v) is 4.40. The van der Waals surface area contributed by atoms with Crippen molar-refractivity contribution in [2.45, 2.75) is 24.5 Å². The molecule has 2 N–H and O–H groups in total. The van der Waals surface area contributed by atoms with Gasteiger partial charge in [-0.2, -0.15) is 0 Å². The second kappa shape index (κ2) is 5.40. The van der Waals surface area contributed by atoms with Crippen molar-refractivity contribution in [2.24, 2.45) is 0 Å². The number of aromatic nitrogens is 2. The molecule has 1 unspecified atom stereocenters. The van der Waals surface area contributed by atoms with Gasteiger partial charge in [-0.25, -0.2) is 4.98 Å². The summed E-state index contributed by atoms with van der Waals surface area (Å²) in [5.74, 6) is -0.908. The number of hydrogen-bond acceptors (Lipinski definition) is 4. The van der Waals surface area contributed by atoms with Crippen molar-refractivity contribution >= 4 is 34.7 Å². The third-order valence-electron chi connectivity index (χ3n) is 3.46. The number of aryl methyl sites for hydroxylation is 1. The van der Waals surface area contributed by atoms with Crippen molar-refractivity contribution in [3.05, 3.63) is 23.8 Å². The molecule has 6 nitrogen and oxygen atoms in total. The van der Waals surface area contributed by atoms with E-state index in [0.717, 1.165) is 16.6 Å². The molecule has 1 amide bonds. The lowest BCUT2D eigenvalue weighted by atomic mass is 10.2. The normalized spacial score (nSPS) is 18.1. The number of hydrogen-bond donors (Lipinski definition) is 2. The highest BCUT2D eigenvalue weighted by Gasteiger charge is 2.27. The monoisotopic (exact) mass is 305 g/mol. The lowest BCUT2D eigenvalue weighted by molar-refractivity contribution is -0.134. The molecule has 0 saturated carbocycles. The molecule has 1 aliphatic heterocycles. The molecule has 0 radical (unpaired) electrons. The van der Waals surface area contributed by atoms with E-state index in [1.807, 2.05) is 29.7 Å². The summed E-state index contributed by atoms with van der Waals surface area (Å²) in [5.41, 5.74) is 2.87. The van der Waals surface area contributed by atoms with Gasteiger partial charge in [-0.05, 0) is 24.6 Å². The summed E-state index contributed by atoms with van der Waals surface area (Å²) in [5, 5.41) is 12.3. The van der Waals surface area contributed by atoms with E-state index in [1.54, 1.807) is 0 Å². The Hall–Kier alpha value is -2.02. The number of aliphatic carboxylic acids is 1. The molecule has 2 aromatic rings. The third kappa shape index (κ3) is 2.73. The summed E-state index contributed by atoms with van der Waals surface area (Å²) >= 11 is 1.19. The molecular formula is C14H15N3O3S. The van der Waals surface area contributed by atoms with E-state index >= 15 is 0 Å². The Bertz CT molecular complexity index is 726. The molecule has 2 heterocycles. The van der Waals surface area contributed by atoms with Crippen molar-refractivity contribution in [1.82, 2.24) is 14.9 Å². The minimum Gasteiger partial charge on any atom is -0.481 e. The first-order chi connectivity index (χ1) is 10.0. The molecule has 3 rings (SSSR count). The van der Waals surface area contributed by atoms with Crippen LogP contribution in [0.25, 0.3) is 11.0 Å². The van der Waals surface area contributed by atoms with E-state index in [1.165, 1.54) is 11.8 Å². The zero-order chi connectivity index (χ0) is 15.0. The molecule has 21 heavy (non-hydrogen) atoms. The van der Waals surface area contributed by atoms with Gasteiger partial charge in [0.1, 0.15) is 0 Å². The predicted molar refractivity (Wildman–Crippen MR) is 79.5 cm³/mol. The smallest absolute Gasteiger partial charge is 0.313 e. The highest BCUT2D eigenvalue weighted by Crippen LogP contribution is 2.31. The molecule has 1 atom stereocenters. The zero-order valence-electron chi connectivity index (χ0n) is 11.5. The summed E-state index contributed by atoms with van der Waals surface area (Å²) in [6.45, 7) is 2.54. The minimum atomic E-state index is -0.879. The van der Waals surface area contributed by atoms with Crippen LogP contribution in [0.15, 0.2) is 23.4 Å². The zero-order valence-corrected chi connectivity index (χ0v) is 12.3. The number of carbonyl (C=O) groups excluding carboxylic acids is 1. The van der Waals surface area contributed by atoms with E-state index in [-0.39, 0.29) is 17.7 Å². The summed E-state index contributed by atoms with van der Waals surface area (Å²) in [6, 6.07) is 5.93. The van der Waals surface area contributed by atoms with Gasteiger partial charge in [-0.15, -0.1) is 0 Å². The first-order valence-corrected chi connectivity index (χ1v) is 7.63. The van der Waals surface area contributed by atoms with Crippen LogP contribution >= 0.6 is 11.8 Å². The first kappa shape index (κ1) is 13.9. The summed E-state index contributed by atoms with van der Waals surface area (Å²) in [6.07, 6.45) is 0.403. The van der Waals surface area contributed by atoms with E-state index in [2.05, 4.69) is 10.3 Å². The van der Waals surface area contributed by atoms with Crippen molar-refractivity contribution in [3.63, 3.8) is 0 Å². The Morgan fingerprint density at radius 2 is 2.38 bits per heavy atom. The molecule has 1 saturated heterocycles. The Morgan fingerprint density at radius 1 is 1.57 bits per heavy atom.